The third kappa shape index (κ3) is 2.32. The summed E-state index contributed by atoms with van der Waals surface area (Å²) in [5.41, 5.74) is 2.16. The van der Waals surface area contributed by atoms with Gasteiger partial charge in [-0.05, 0) is 17.2 Å². The second kappa shape index (κ2) is 4.76. The highest BCUT2D eigenvalue weighted by Gasteiger charge is 2.12. The SMILES string of the molecule is O=C(O)c1ncccc1-c1ccc(CO)cc1. The third-order valence-electron chi connectivity index (χ3n) is 2.46. The van der Waals surface area contributed by atoms with Crippen molar-refractivity contribution in [3.8, 4) is 11.1 Å². The van der Waals surface area contributed by atoms with Crippen LogP contribution in [-0.2, 0) is 6.61 Å². The fraction of sp³-hybridized carbons (Fsp3) is 0.0769. The standard InChI is InChI=1S/C13H11NO3/c15-8-9-3-5-10(6-4-9)11-2-1-7-14-12(11)13(16)17/h1-7,15H,8H2,(H,16,17). The fourth-order valence-electron chi connectivity index (χ4n) is 1.60. The number of aromatic carboxylic acids is 1. The van der Waals surface area contributed by atoms with Crippen LogP contribution in [0.25, 0.3) is 11.1 Å². The molecule has 17 heavy (non-hydrogen) atoms. The average molecular weight is 229 g/mol. The number of rotatable bonds is 3. The highest BCUT2D eigenvalue weighted by Crippen LogP contribution is 2.22. The quantitative estimate of drug-likeness (QED) is 0.843. The maximum absolute atomic E-state index is 11.0. The van der Waals surface area contributed by atoms with Crippen LogP contribution in [0.1, 0.15) is 16.1 Å². The van der Waals surface area contributed by atoms with Gasteiger partial charge >= 0.3 is 5.97 Å². The second-order valence-corrected chi connectivity index (χ2v) is 3.56. The number of carboxylic acids is 1. The van der Waals surface area contributed by atoms with Crippen molar-refractivity contribution >= 4 is 5.97 Å². The van der Waals surface area contributed by atoms with E-state index in [1.54, 1.807) is 36.4 Å². The Labute approximate surface area is 98.2 Å². The first-order valence-electron chi connectivity index (χ1n) is 5.11. The molecule has 2 N–H and O–H groups in total. The molecule has 4 heteroatoms. The first-order chi connectivity index (χ1) is 8.22. The maximum Gasteiger partial charge on any atom is 0.355 e. The second-order valence-electron chi connectivity index (χ2n) is 3.56. The molecule has 0 aliphatic heterocycles. The molecule has 2 aromatic rings. The molecule has 0 amide bonds. The van der Waals surface area contributed by atoms with Gasteiger partial charge in [0.05, 0.1) is 6.61 Å². The van der Waals surface area contributed by atoms with Crippen molar-refractivity contribution in [3.63, 3.8) is 0 Å². The molecule has 0 radical (unpaired) electrons. The first-order valence-corrected chi connectivity index (χ1v) is 5.11. The minimum atomic E-state index is -1.05. The first kappa shape index (κ1) is 11.3. The number of aromatic nitrogens is 1. The number of aliphatic hydroxyl groups excluding tert-OH is 1. The summed E-state index contributed by atoms with van der Waals surface area (Å²) < 4.78 is 0. The minimum absolute atomic E-state index is 0.0287. The van der Waals surface area contributed by atoms with E-state index >= 15 is 0 Å². The number of hydrogen-bond donors (Lipinski definition) is 2. The number of carboxylic acid groups (broad SMARTS) is 1. The summed E-state index contributed by atoms with van der Waals surface area (Å²) >= 11 is 0. The van der Waals surface area contributed by atoms with Crippen LogP contribution in [0, 0.1) is 0 Å². The smallest absolute Gasteiger partial charge is 0.355 e. The van der Waals surface area contributed by atoms with Gasteiger partial charge in [-0.3, -0.25) is 0 Å². The number of pyridine rings is 1. The van der Waals surface area contributed by atoms with Crippen molar-refractivity contribution in [1.29, 1.82) is 0 Å². The molecule has 0 aliphatic carbocycles. The molecule has 4 nitrogen and oxygen atoms in total. The summed E-state index contributed by atoms with van der Waals surface area (Å²) in [4.78, 5) is 14.9. The van der Waals surface area contributed by atoms with Crippen molar-refractivity contribution in [2.75, 3.05) is 0 Å². The van der Waals surface area contributed by atoms with Crippen LogP contribution in [0.5, 0.6) is 0 Å². The van der Waals surface area contributed by atoms with Gasteiger partial charge in [-0.25, -0.2) is 9.78 Å². The van der Waals surface area contributed by atoms with Gasteiger partial charge in [0.25, 0.3) is 0 Å². The topological polar surface area (TPSA) is 70.4 Å². The van der Waals surface area contributed by atoms with E-state index in [1.165, 1.54) is 6.20 Å². The number of aliphatic hydroxyl groups is 1. The zero-order chi connectivity index (χ0) is 12.3. The molecule has 0 atom stereocenters. The van der Waals surface area contributed by atoms with Crippen LogP contribution in [0.15, 0.2) is 42.6 Å². The summed E-state index contributed by atoms with van der Waals surface area (Å²) in [5, 5.41) is 18.0. The molecular weight excluding hydrogens is 218 g/mol. The monoisotopic (exact) mass is 229 g/mol. The molecule has 0 saturated carbocycles. The molecule has 1 aromatic heterocycles. The zero-order valence-electron chi connectivity index (χ0n) is 9.00. The number of carbonyl (C=O) groups is 1. The van der Waals surface area contributed by atoms with Crippen molar-refractivity contribution in [3.05, 3.63) is 53.9 Å². The molecule has 0 saturated heterocycles. The lowest BCUT2D eigenvalue weighted by Crippen LogP contribution is -2.02. The van der Waals surface area contributed by atoms with Gasteiger partial charge in [0.1, 0.15) is 0 Å². The highest BCUT2D eigenvalue weighted by molar-refractivity contribution is 5.93. The van der Waals surface area contributed by atoms with Gasteiger partial charge in [-0.1, -0.05) is 30.3 Å². The van der Waals surface area contributed by atoms with Gasteiger partial charge in [0.2, 0.25) is 0 Å². The molecule has 0 bridgehead atoms. The van der Waals surface area contributed by atoms with E-state index in [4.69, 9.17) is 10.2 Å². The normalized spacial score (nSPS) is 10.2. The molecule has 0 spiro atoms. The maximum atomic E-state index is 11.0. The molecule has 1 aromatic carbocycles. The van der Waals surface area contributed by atoms with E-state index < -0.39 is 5.97 Å². The predicted molar refractivity (Wildman–Crippen MR) is 62.6 cm³/mol. The van der Waals surface area contributed by atoms with E-state index in [0.717, 1.165) is 11.1 Å². The van der Waals surface area contributed by atoms with Crippen LogP contribution in [0.3, 0.4) is 0 Å². The lowest BCUT2D eigenvalue weighted by atomic mass is 10.0. The predicted octanol–water partition coefficient (Wildman–Crippen LogP) is 1.94. The van der Waals surface area contributed by atoms with Crippen molar-refractivity contribution in [2.45, 2.75) is 6.61 Å². The lowest BCUT2D eigenvalue weighted by Gasteiger charge is -2.05. The van der Waals surface area contributed by atoms with Crippen molar-refractivity contribution in [2.24, 2.45) is 0 Å². The summed E-state index contributed by atoms with van der Waals surface area (Å²) in [5.74, 6) is -1.05. The third-order valence-corrected chi connectivity index (χ3v) is 2.46. The summed E-state index contributed by atoms with van der Waals surface area (Å²) in [6, 6.07) is 10.5. The average Bonchev–Trinajstić information content (AvgIpc) is 2.39. The van der Waals surface area contributed by atoms with E-state index in [1.807, 2.05) is 0 Å². The van der Waals surface area contributed by atoms with Gasteiger partial charge < -0.3 is 10.2 Å². The van der Waals surface area contributed by atoms with Gasteiger partial charge in [-0.2, -0.15) is 0 Å². The summed E-state index contributed by atoms with van der Waals surface area (Å²) in [6.45, 7) is -0.0287. The molecule has 0 aliphatic rings. The largest absolute Gasteiger partial charge is 0.476 e. The Morgan fingerprint density at radius 3 is 2.47 bits per heavy atom. The lowest BCUT2D eigenvalue weighted by molar-refractivity contribution is 0.0691. The van der Waals surface area contributed by atoms with Crippen LogP contribution in [-0.4, -0.2) is 21.2 Å². The number of nitrogens with zero attached hydrogens (tertiary/aromatic N) is 1. The number of hydrogen-bond acceptors (Lipinski definition) is 3. The summed E-state index contributed by atoms with van der Waals surface area (Å²) in [6.07, 6.45) is 1.45. The Kier molecular flexibility index (Phi) is 3.16. The Balaban J connectivity index is 2.48. The van der Waals surface area contributed by atoms with E-state index in [9.17, 15) is 4.79 Å². The summed E-state index contributed by atoms with van der Waals surface area (Å²) in [7, 11) is 0. The van der Waals surface area contributed by atoms with E-state index in [-0.39, 0.29) is 12.3 Å². The van der Waals surface area contributed by atoms with Gasteiger partial charge in [0.15, 0.2) is 5.69 Å². The Morgan fingerprint density at radius 2 is 1.88 bits per heavy atom. The molecular formula is C13H11NO3. The highest BCUT2D eigenvalue weighted by atomic mass is 16.4. The van der Waals surface area contributed by atoms with Crippen LogP contribution in [0.2, 0.25) is 0 Å². The Hall–Kier alpha value is -2.20. The number of benzene rings is 1. The van der Waals surface area contributed by atoms with E-state index in [0.29, 0.717) is 5.56 Å². The van der Waals surface area contributed by atoms with Gasteiger partial charge in [0, 0.05) is 11.8 Å². The van der Waals surface area contributed by atoms with E-state index in [2.05, 4.69) is 4.98 Å². The van der Waals surface area contributed by atoms with Crippen LogP contribution < -0.4 is 0 Å². The molecule has 86 valence electrons. The molecule has 1 heterocycles. The Morgan fingerprint density at radius 1 is 1.18 bits per heavy atom. The van der Waals surface area contributed by atoms with Crippen molar-refractivity contribution < 1.29 is 15.0 Å². The molecule has 0 unspecified atom stereocenters. The zero-order valence-corrected chi connectivity index (χ0v) is 9.00. The molecule has 0 fully saturated rings. The van der Waals surface area contributed by atoms with Gasteiger partial charge in [-0.15, -0.1) is 0 Å². The molecule has 2 rings (SSSR count). The van der Waals surface area contributed by atoms with Crippen LogP contribution >= 0.6 is 0 Å². The fourth-order valence-corrected chi connectivity index (χ4v) is 1.60. The van der Waals surface area contributed by atoms with Crippen LogP contribution in [0.4, 0.5) is 0 Å². The van der Waals surface area contributed by atoms with Crippen molar-refractivity contribution in [1.82, 2.24) is 4.98 Å². The minimum Gasteiger partial charge on any atom is -0.476 e. The Bertz CT molecular complexity index is 535.